The third-order valence-corrected chi connectivity index (χ3v) is 6.07. The lowest BCUT2D eigenvalue weighted by Crippen LogP contribution is -1.90. The number of hydrogen-bond donors (Lipinski definition) is 0. The van der Waals surface area contributed by atoms with Gasteiger partial charge in [0.05, 0.1) is 0 Å². The van der Waals surface area contributed by atoms with E-state index in [1.165, 1.54) is 16.7 Å². The number of hydrogen-bond acceptors (Lipinski definition) is 0. The fourth-order valence-corrected chi connectivity index (χ4v) is 3.33. The summed E-state index contributed by atoms with van der Waals surface area (Å²) in [5.41, 5.74) is 3.62. The van der Waals surface area contributed by atoms with Crippen LogP contribution in [-0.2, 0) is 0 Å². The third kappa shape index (κ3) is 2.79. The predicted octanol–water partition coefficient (Wildman–Crippen LogP) is 6.43. The predicted molar refractivity (Wildman–Crippen MR) is 88.7 cm³/mol. The molecule has 0 saturated heterocycles. The van der Waals surface area contributed by atoms with Gasteiger partial charge in [-0.05, 0) is 77.5 Å². The van der Waals surface area contributed by atoms with Gasteiger partial charge in [0.15, 0.2) is 0 Å². The second-order valence-corrected chi connectivity index (χ2v) is 6.23. The molecule has 3 heteroatoms. The van der Waals surface area contributed by atoms with E-state index in [-0.39, 0.29) is 0 Å². The molecule has 18 heavy (non-hydrogen) atoms. The van der Waals surface area contributed by atoms with Gasteiger partial charge in [0.1, 0.15) is 0 Å². The smallest absolute Gasteiger partial charge is 0.0465 e. The molecule has 0 aliphatic rings. The Morgan fingerprint density at radius 3 is 2.17 bits per heavy atom. The van der Waals surface area contributed by atoms with Crippen molar-refractivity contribution >= 4 is 53.4 Å². The maximum Gasteiger partial charge on any atom is 0.0465 e. The fraction of sp³-hybridized carbons (Fsp3) is 0.0667. The summed E-state index contributed by atoms with van der Waals surface area (Å²) in [4.78, 5) is 0. The van der Waals surface area contributed by atoms with Crippen molar-refractivity contribution < 1.29 is 0 Å². The van der Waals surface area contributed by atoms with Gasteiger partial charge in [-0.3, -0.25) is 0 Å². The Morgan fingerprint density at radius 1 is 0.889 bits per heavy atom. The molecule has 0 saturated carbocycles. The molecule has 0 unspecified atom stereocenters. The quantitative estimate of drug-likeness (QED) is 0.482. The SMILES string of the molecule is C/C=C(/c1ccccc1)c1ccc(Br)c(Br)c1Br. The standard InChI is InChI=1S/C15H11Br3/c1-2-11(10-6-4-3-5-7-10)12-8-9-13(16)15(18)14(12)17/h2-9H,1H3/b11-2-. The highest BCUT2D eigenvalue weighted by Crippen LogP contribution is 2.38. The van der Waals surface area contributed by atoms with E-state index in [0.29, 0.717) is 0 Å². The molecule has 0 N–H and O–H groups in total. The zero-order valence-corrected chi connectivity index (χ0v) is 14.5. The summed E-state index contributed by atoms with van der Waals surface area (Å²) < 4.78 is 3.14. The topological polar surface area (TPSA) is 0 Å². The average molecular weight is 431 g/mol. The van der Waals surface area contributed by atoms with Crippen LogP contribution in [0, 0.1) is 0 Å². The van der Waals surface area contributed by atoms with Crippen molar-refractivity contribution in [2.24, 2.45) is 0 Å². The second kappa shape index (κ2) is 6.18. The van der Waals surface area contributed by atoms with E-state index in [9.17, 15) is 0 Å². The average Bonchev–Trinajstić information content (AvgIpc) is 2.41. The monoisotopic (exact) mass is 428 g/mol. The zero-order chi connectivity index (χ0) is 13.1. The van der Waals surface area contributed by atoms with Crippen molar-refractivity contribution in [1.29, 1.82) is 0 Å². The van der Waals surface area contributed by atoms with Crippen molar-refractivity contribution in [1.82, 2.24) is 0 Å². The summed E-state index contributed by atoms with van der Waals surface area (Å²) >= 11 is 10.7. The van der Waals surface area contributed by atoms with Crippen molar-refractivity contribution in [2.45, 2.75) is 6.92 Å². The van der Waals surface area contributed by atoms with Crippen LogP contribution >= 0.6 is 47.8 Å². The van der Waals surface area contributed by atoms with Crippen LogP contribution in [0.2, 0.25) is 0 Å². The molecule has 2 rings (SSSR count). The molecule has 0 spiro atoms. The maximum absolute atomic E-state index is 3.65. The summed E-state index contributed by atoms with van der Waals surface area (Å²) in [5.74, 6) is 0. The van der Waals surface area contributed by atoms with E-state index in [1.807, 2.05) is 6.07 Å². The highest BCUT2D eigenvalue weighted by atomic mass is 79.9. The summed E-state index contributed by atoms with van der Waals surface area (Å²) in [6.07, 6.45) is 2.13. The Balaban J connectivity index is 2.58. The summed E-state index contributed by atoms with van der Waals surface area (Å²) in [6, 6.07) is 14.6. The molecule has 0 aliphatic carbocycles. The number of benzene rings is 2. The largest absolute Gasteiger partial charge is 0.0791 e. The van der Waals surface area contributed by atoms with Crippen LogP contribution in [0.3, 0.4) is 0 Å². The van der Waals surface area contributed by atoms with Crippen molar-refractivity contribution in [3.05, 3.63) is 73.1 Å². The molecule has 92 valence electrons. The molecular formula is C15H11Br3. The Bertz CT molecular complexity index is 586. The van der Waals surface area contributed by atoms with Gasteiger partial charge < -0.3 is 0 Å². The molecule has 0 atom stereocenters. The molecule has 0 heterocycles. The zero-order valence-electron chi connectivity index (χ0n) is 9.75. The van der Waals surface area contributed by atoms with Gasteiger partial charge in [-0.1, -0.05) is 42.5 Å². The molecule has 0 nitrogen and oxygen atoms in total. The molecule has 2 aromatic carbocycles. The van der Waals surface area contributed by atoms with Gasteiger partial charge >= 0.3 is 0 Å². The Labute approximate surface area is 132 Å². The normalized spacial score (nSPS) is 11.7. The van der Waals surface area contributed by atoms with Gasteiger partial charge in [-0.2, -0.15) is 0 Å². The van der Waals surface area contributed by atoms with Gasteiger partial charge in [-0.25, -0.2) is 0 Å². The van der Waals surface area contributed by atoms with Crippen LogP contribution in [-0.4, -0.2) is 0 Å². The van der Waals surface area contributed by atoms with Gasteiger partial charge in [0.2, 0.25) is 0 Å². The maximum atomic E-state index is 3.65. The van der Waals surface area contributed by atoms with Crippen molar-refractivity contribution in [3.8, 4) is 0 Å². The van der Waals surface area contributed by atoms with Crippen LogP contribution in [0.25, 0.3) is 5.57 Å². The molecule has 0 aromatic heterocycles. The third-order valence-electron chi connectivity index (χ3n) is 2.70. The first-order valence-corrected chi connectivity index (χ1v) is 7.88. The second-order valence-electron chi connectivity index (χ2n) is 3.79. The van der Waals surface area contributed by atoms with Gasteiger partial charge in [0, 0.05) is 13.4 Å². The molecule has 0 fully saturated rings. The Morgan fingerprint density at radius 2 is 1.56 bits per heavy atom. The van der Waals surface area contributed by atoms with Gasteiger partial charge in [-0.15, -0.1) is 0 Å². The lowest BCUT2D eigenvalue weighted by Gasteiger charge is -2.12. The minimum absolute atomic E-state index is 1.04. The molecule has 0 amide bonds. The minimum atomic E-state index is 1.04. The first-order chi connectivity index (χ1) is 8.65. The lowest BCUT2D eigenvalue weighted by molar-refractivity contribution is 1.45. The van der Waals surface area contributed by atoms with Crippen molar-refractivity contribution in [3.63, 3.8) is 0 Å². The van der Waals surface area contributed by atoms with E-state index >= 15 is 0 Å². The van der Waals surface area contributed by atoms with E-state index in [0.717, 1.165) is 13.4 Å². The van der Waals surface area contributed by atoms with Gasteiger partial charge in [0.25, 0.3) is 0 Å². The summed E-state index contributed by atoms with van der Waals surface area (Å²) in [5, 5.41) is 0. The van der Waals surface area contributed by atoms with Crippen molar-refractivity contribution in [2.75, 3.05) is 0 Å². The molecule has 0 radical (unpaired) electrons. The molecule has 2 aromatic rings. The van der Waals surface area contributed by atoms with E-state index in [2.05, 4.69) is 97.2 Å². The number of rotatable bonds is 2. The lowest BCUT2D eigenvalue weighted by atomic mass is 9.98. The van der Waals surface area contributed by atoms with Crippen LogP contribution < -0.4 is 0 Å². The highest BCUT2D eigenvalue weighted by molar-refractivity contribution is 9.14. The van der Waals surface area contributed by atoms with E-state index in [4.69, 9.17) is 0 Å². The summed E-state index contributed by atoms with van der Waals surface area (Å²) in [7, 11) is 0. The first kappa shape index (κ1) is 14.0. The highest BCUT2D eigenvalue weighted by Gasteiger charge is 2.12. The fourth-order valence-electron chi connectivity index (χ4n) is 1.83. The van der Waals surface area contributed by atoms with E-state index < -0.39 is 0 Å². The first-order valence-electron chi connectivity index (χ1n) is 5.50. The Hall–Kier alpha value is -0.380. The molecular weight excluding hydrogens is 420 g/mol. The molecule has 0 bridgehead atoms. The van der Waals surface area contributed by atoms with Crippen LogP contribution in [0.15, 0.2) is 62.0 Å². The van der Waals surface area contributed by atoms with Crippen LogP contribution in [0.1, 0.15) is 18.1 Å². The Kier molecular flexibility index (Phi) is 4.82. The van der Waals surface area contributed by atoms with Crippen LogP contribution in [0.4, 0.5) is 0 Å². The number of halogens is 3. The minimum Gasteiger partial charge on any atom is -0.0791 e. The van der Waals surface area contributed by atoms with E-state index in [1.54, 1.807) is 0 Å². The summed E-state index contributed by atoms with van der Waals surface area (Å²) in [6.45, 7) is 2.06. The number of allylic oxidation sites excluding steroid dienone is 1. The van der Waals surface area contributed by atoms with Crippen LogP contribution in [0.5, 0.6) is 0 Å². The molecule has 0 aliphatic heterocycles.